The Morgan fingerprint density at radius 1 is 0.964 bits per heavy atom. The molecule has 28 heavy (non-hydrogen) atoms. The van der Waals surface area contributed by atoms with E-state index in [4.69, 9.17) is 4.42 Å². The molecule has 0 fully saturated rings. The minimum atomic E-state index is -0.364. The molecule has 5 nitrogen and oxygen atoms in total. The molecule has 1 aromatic heterocycles. The number of aliphatic imine (C=N–C) groups is 1. The van der Waals surface area contributed by atoms with Crippen molar-refractivity contribution in [3.05, 3.63) is 93.7 Å². The lowest BCUT2D eigenvalue weighted by atomic mass is 10.0. The van der Waals surface area contributed by atoms with Crippen molar-refractivity contribution in [1.82, 2.24) is 0 Å². The highest BCUT2D eigenvalue weighted by Crippen LogP contribution is 2.32. The monoisotopic (exact) mass is 370 g/mol. The van der Waals surface area contributed by atoms with Crippen molar-refractivity contribution in [3.8, 4) is 11.3 Å². The molecule has 3 aromatic carbocycles. The van der Waals surface area contributed by atoms with Crippen molar-refractivity contribution in [2.24, 2.45) is 4.99 Å². The quantitative estimate of drug-likeness (QED) is 0.238. The third kappa shape index (κ3) is 3.42. The van der Waals surface area contributed by atoms with Gasteiger partial charge in [-0.05, 0) is 60.5 Å². The molecule has 138 valence electrons. The number of furan rings is 1. The van der Waals surface area contributed by atoms with E-state index in [1.165, 1.54) is 5.39 Å². The van der Waals surface area contributed by atoms with Gasteiger partial charge in [0.2, 0.25) is 0 Å². The molecular weight excluding hydrogens is 352 g/mol. The number of benzene rings is 3. The highest BCUT2D eigenvalue weighted by Gasteiger charge is 2.18. The Morgan fingerprint density at radius 2 is 1.75 bits per heavy atom. The van der Waals surface area contributed by atoms with Crippen molar-refractivity contribution in [2.45, 2.75) is 13.8 Å². The summed E-state index contributed by atoms with van der Waals surface area (Å²) in [6.07, 6.45) is 1.66. The first-order chi connectivity index (χ1) is 13.5. The SMILES string of the molecule is Cc1cc(-c2ccc(C=Nc3ccc4ccccc4c3)o2)c(C)c([N+](=O)[O-])c1. The zero-order valence-corrected chi connectivity index (χ0v) is 15.5. The maximum atomic E-state index is 11.3. The number of nitro benzene ring substituents is 1. The van der Waals surface area contributed by atoms with Crippen LogP contribution in [0.3, 0.4) is 0 Å². The average Bonchev–Trinajstić information content (AvgIpc) is 3.16. The predicted octanol–water partition coefficient (Wildman–Crippen LogP) is 6.38. The lowest BCUT2D eigenvalue weighted by molar-refractivity contribution is -0.385. The van der Waals surface area contributed by atoms with Crippen LogP contribution in [0.15, 0.2) is 76.1 Å². The molecule has 1 heterocycles. The van der Waals surface area contributed by atoms with Gasteiger partial charge in [0.05, 0.1) is 16.8 Å². The minimum absolute atomic E-state index is 0.0952. The number of fused-ring (bicyclic) bond motifs is 1. The maximum absolute atomic E-state index is 11.3. The second kappa shape index (κ2) is 7.12. The molecule has 0 aliphatic carbocycles. The van der Waals surface area contributed by atoms with E-state index in [0.29, 0.717) is 17.1 Å². The van der Waals surface area contributed by atoms with Gasteiger partial charge in [-0.15, -0.1) is 0 Å². The maximum Gasteiger partial charge on any atom is 0.273 e. The minimum Gasteiger partial charge on any atom is -0.455 e. The van der Waals surface area contributed by atoms with E-state index < -0.39 is 0 Å². The van der Waals surface area contributed by atoms with Crippen LogP contribution in [0.1, 0.15) is 16.9 Å². The topological polar surface area (TPSA) is 68.6 Å². The zero-order chi connectivity index (χ0) is 19.7. The summed E-state index contributed by atoms with van der Waals surface area (Å²) in [4.78, 5) is 15.4. The van der Waals surface area contributed by atoms with Gasteiger partial charge >= 0.3 is 0 Å². The van der Waals surface area contributed by atoms with Crippen LogP contribution in [0.2, 0.25) is 0 Å². The van der Waals surface area contributed by atoms with Crippen molar-refractivity contribution < 1.29 is 9.34 Å². The van der Waals surface area contributed by atoms with Crippen LogP contribution in [-0.4, -0.2) is 11.1 Å². The molecule has 0 saturated heterocycles. The van der Waals surface area contributed by atoms with E-state index in [0.717, 1.165) is 22.2 Å². The van der Waals surface area contributed by atoms with Crippen LogP contribution in [0.25, 0.3) is 22.1 Å². The Morgan fingerprint density at radius 3 is 2.54 bits per heavy atom. The number of hydrogen-bond donors (Lipinski definition) is 0. The number of hydrogen-bond acceptors (Lipinski definition) is 4. The van der Waals surface area contributed by atoms with Crippen molar-refractivity contribution in [3.63, 3.8) is 0 Å². The molecule has 0 atom stereocenters. The molecule has 0 aliphatic rings. The molecule has 0 amide bonds. The highest BCUT2D eigenvalue weighted by molar-refractivity contribution is 5.87. The molecule has 0 saturated carbocycles. The predicted molar refractivity (Wildman–Crippen MR) is 111 cm³/mol. The second-order valence-corrected chi connectivity index (χ2v) is 6.71. The van der Waals surface area contributed by atoms with Gasteiger partial charge in [-0.3, -0.25) is 15.1 Å². The van der Waals surface area contributed by atoms with Crippen molar-refractivity contribution in [1.29, 1.82) is 0 Å². The van der Waals surface area contributed by atoms with Crippen LogP contribution in [-0.2, 0) is 0 Å². The summed E-state index contributed by atoms with van der Waals surface area (Å²) in [5, 5.41) is 13.6. The van der Waals surface area contributed by atoms with E-state index in [1.54, 1.807) is 19.2 Å². The molecule has 0 radical (unpaired) electrons. The van der Waals surface area contributed by atoms with Crippen LogP contribution in [0.4, 0.5) is 11.4 Å². The number of rotatable bonds is 4. The Balaban J connectivity index is 1.64. The summed E-state index contributed by atoms with van der Waals surface area (Å²) in [7, 11) is 0. The van der Waals surface area contributed by atoms with E-state index in [1.807, 2.05) is 61.5 Å². The van der Waals surface area contributed by atoms with Gasteiger partial charge in [0.1, 0.15) is 11.5 Å². The molecular formula is C23H18N2O3. The van der Waals surface area contributed by atoms with Crippen molar-refractivity contribution in [2.75, 3.05) is 0 Å². The lowest BCUT2D eigenvalue weighted by Crippen LogP contribution is -1.95. The average molecular weight is 370 g/mol. The largest absolute Gasteiger partial charge is 0.455 e. The summed E-state index contributed by atoms with van der Waals surface area (Å²) >= 11 is 0. The van der Waals surface area contributed by atoms with E-state index in [2.05, 4.69) is 11.1 Å². The fourth-order valence-electron chi connectivity index (χ4n) is 3.25. The summed E-state index contributed by atoms with van der Waals surface area (Å²) < 4.78 is 5.88. The van der Waals surface area contributed by atoms with Gasteiger partial charge in [0.15, 0.2) is 0 Å². The molecule has 4 rings (SSSR count). The third-order valence-electron chi connectivity index (χ3n) is 4.69. The van der Waals surface area contributed by atoms with E-state index >= 15 is 0 Å². The number of nitrogens with zero attached hydrogens (tertiary/aromatic N) is 2. The molecule has 5 heteroatoms. The Bertz CT molecular complexity index is 1220. The number of nitro groups is 1. The molecule has 4 aromatic rings. The molecule has 0 bridgehead atoms. The van der Waals surface area contributed by atoms with Crippen LogP contribution >= 0.6 is 0 Å². The summed E-state index contributed by atoms with van der Waals surface area (Å²) in [5.41, 5.74) is 3.05. The number of aryl methyl sites for hydroxylation is 1. The van der Waals surface area contributed by atoms with Gasteiger partial charge in [-0.1, -0.05) is 30.3 Å². The lowest BCUT2D eigenvalue weighted by Gasteiger charge is -2.05. The smallest absolute Gasteiger partial charge is 0.273 e. The first-order valence-electron chi connectivity index (χ1n) is 8.90. The summed E-state index contributed by atoms with van der Waals surface area (Å²) in [6.45, 7) is 3.57. The first-order valence-corrected chi connectivity index (χ1v) is 8.90. The van der Waals surface area contributed by atoms with Gasteiger partial charge in [-0.2, -0.15) is 0 Å². The van der Waals surface area contributed by atoms with Crippen molar-refractivity contribution >= 4 is 28.4 Å². The van der Waals surface area contributed by atoms with Gasteiger partial charge < -0.3 is 4.42 Å². The Labute approximate surface area is 162 Å². The summed E-state index contributed by atoms with van der Waals surface area (Å²) in [6, 6.07) is 21.2. The van der Waals surface area contributed by atoms with Crippen LogP contribution in [0, 0.1) is 24.0 Å². The van der Waals surface area contributed by atoms with Gasteiger partial charge in [-0.25, -0.2) is 0 Å². The van der Waals surface area contributed by atoms with Crippen LogP contribution < -0.4 is 0 Å². The molecule has 0 N–H and O–H groups in total. The first kappa shape index (κ1) is 17.7. The second-order valence-electron chi connectivity index (χ2n) is 6.71. The fraction of sp³-hybridized carbons (Fsp3) is 0.0870. The Kier molecular flexibility index (Phi) is 4.49. The molecule has 0 aliphatic heterocycles. The Hall–Kier alpha value is -3.73. The van der Waals surface area contributed by atoms with E-state index in [9.17, 15) is 10.1 Å². The fourth-order valence-corrected chi connectivity index (χ4v) is 3.25. The standard InChI is InChI=1S/C23H18N2O3/c1-15-11-21(16(2)22(12-15)25(26)27)23-10-9-20(28-23)14-24-19-8-7-17-5-3-4-6-18(17)13-19/h3-14H,1-2H3. The zero-order valence-electron chi connectivity index (χ0n) is 15.5. The highest BCUT2D eigenvalue weighted by atomic mass is 16.6. The van der Waals surface area contributed by atoms with E-state index in [-0.39, 0.29) is 10.6 Å². The normalized spacial score (nSPS) is 11.4. The van der Waals surface area contributed by atoms with Crippen LogP contribution in [0.5, 0.6) is 0 Å². The third-order valence-corrected chi connectivity index (χ3v) is 4.69. The van der Waals surface area contributed by atoms with Gasteiger partial charge in [0.25, 0.3) is 5.69 Å². The van der Waals surface area contributed by atoms with Gasteiger partial charge in [0, 0.05) is 17.2 Å². The molecule has 0 spiro atoms. The molecule has 0 unspecified atom stereocenters. The summed E-state index contributed by atoms with van der Waals surface area (Å²) in [5.74, 6) is 1.18.